The van der Waals surface area contributed by atoms with E-state index in [9.17, 15) is 14.0 Å². The maximum atomic E-state index is 13.7. The third kappa shape index (κ3) is 5.42. The summed E-state index contributed by atoms with van der Waals surface area (Å²) in [5.41, 5.74) is 2.70. The molecule has 148 valence electrons. The van der Waals surface area contributed by atoms with Gasteiger partial charge in [-0.1, -0.05) is 48.5 Å². The first kappa shape index (κ1) is 20.1. The van der Waals surface area contributed by atoms with Gasteiger partial charge in [0.1, 0.15) is 0 Å². The Morgan fingerprint density at radius 3 is 2.41 bits per heavy atom. The first-order valence-corrected chi connectivity index (χ1v) is 8.99. The summed E-state index contributed by atoms with van der Waals surface area (Å²) in [7, 11) is 1.33. The smallest absolute Gasteiger partial charge is 0.338 e. The quantitative estimate of drug-likeness (QED) is 0.611. The maximum absolute atomic E-state index is 13.7. The fraction of sp³-hybridized carbons (Fsp3) is 0.130. The van der Waals surface area contributed by atoms with Crippen LogP contribution in [0.1, 0.15) is 21.5 Å². The fourth-order valence-electron chi connectivity index (χ4n) is 2.81. The van der Waals surface area contributed by atoms with E-state index in [1.54, 1.807) is 6.07 Å². The van der Waals surface area contributed by atoms with Gasteiger partial charge < -0.3 is 14.8 Å². The van der Waals surface area contributed by atoms with Crippen LogP contribution in [-0.4, -0.2) is 25.6 Å². The Kier molecular flexibility index (Phi) is 6.58. The molecular weight excluding hydrogens is 373 g/mol. The van der Waals surface area contributed by atoms with E-state index in [1.165, 1.54) is 19.2 Å². The van der Waals surface area contributed by atoms with E-state index < -0.39 is 24.3 Å². The van der Waals surface area contributed by atoms with E-state index in [0.29, 0.717) is 12.1 Å². The second-order valence-electron chi connectivity index (χ2n) is 6.29. The van der Waals surface area contributed by atoms with Crippen LogP contribution in [0.15, 0.2) is 72.8 Å². The van der Waals surface area contributed by atoms with Crippen LogP contribution < -0.4 is 10.1 Å². The van der Waals surface area contributed by atoms with Gasteiger partial charge in [0.05, 0.1) is 12.7 Å². The summed E-state index contributed by atoms with van der Waals surface area (Å²) in [6, 6.07) is 21.0. The van der Waals surface area contributed by atoms with Crippen LogP contribution >= 0.6 is 0 Å². The molecule has 3 aromatic carbocycles. The molecule has 0 saturated heterocycles. The highest BCUT2D eigenvalue weighted by Crippen LogP contribution is 2.20. The number of hydrogen-bond acceptors (Lipinski definition) is 4. The van der Waals surface area contributed by atoms with Crippen LogP contribution in [0.3, 0.4) is 0 Å². The average molecular weight is 393 g/mol. The van der Waals surface area contributed by atoms with Crippen molar-refractivity contribution >= 4 is 17.6 Å². The van der Waals surface area contributed by atoms with Crippen molar-refractivity contribution in [1.29, 1.82) is 0 Å². The normalized spacial score (nSPS) is 10.3. The van der Waals surface area contributed by atoms with Crippen molar-refractivity contribution in [2.45, 2.75) is 6.42 Å². The van der Waals surface area contributed by atoms with Crippen LogP contribution in [-0.2, 0) is 16.0 Å². The SMILES string of the molecule is COc1ccc(C(=O)OCC(=O)Nc2ccccc2Cc2ccccc2)cc1F. The monoisotopic (exact) mass is 393 g/mol. The van der Waals surface area contributed by atoms with E-state index in [1.807, 2.05) is 48.5 Å². The van der Waals surface area contributed by atoms with Gasteiger partial charge in [-0.3, -0.25) is 4.79 Å². The minimum absolute atomic E-state index is 0.000535. The lowest BCUT2D eigenvalue weighted by atomic mass is 10.0. The number of benzene rings is 3. The molecule has 0 aromatic heterocycles. The molecule has 0 atom stereocenters. The third-order valence-electron chi connectivity index (χ3n) is 4.25. The highest BCUT2D eigenvalue weighted by molar-refractivity contribution is 5.96. The molecule has 0 heterocycles. The Hall–Kier alpha value is -3.67. The lowest BCUT2D eigenvalue weighted by Crippen LogP contribution is -2.21. The van der Waals surface area contributed by atoms with Crippen molar-refractivity contribution in [1.82, 2.24) is 0 Å². The molecule has 3 rings (SSSR count). The summed E-state index contributed by atoms with van der Waals surface area (Å²) in [5.74, 6) is -1.93. The number of halogens is 1. The summed E-state index contributed by atoms with van der Waals surface area (Å²) in [6.45, 7) is -0.480. The van der Waals surface area contributed by atoms with Gasteiger partial charge in [0.2, 0.25) is 0 Å². The van der Waals surface area contributed by atoms with Crippen molar-refractivity contribution in [2.75, 3.05) is 19.0 Å². The number of esters is 1. The molecule has 0 spiro atoms. The lowest BCUT2D eigenvalue weighted by Gasteiger charge is -2.12. The number of para-hydroxylation sites is 1. The van der Waals surface area contributed by atoms with Gasteiger partial charge in [0.15, 0.2) is 18.2 Å². The van der Waals surface area contributed by atoms with Gasteiger partial charge in [-0.2, -0.15) is 0 Å². The van der Waals surface area contributed by atoms with Gasteiger partial charge in [-0.05, 0) is 41.8 Å². The van der Waals surface area contributed by atoms with E-state index >= 15 is 0 Å². The van der Waals surface area contributed by atoms with E-state index in [4.69, 9.17) is 9.47 Å². The molecule has 0 saturated carbocycles. The van der Waals surface area contributed by atoms with Crippen LogP contribution in [0.5, 0.6) is 5.75 Å². The Morgan fingerprint density at radius 1 is 0.966 bits per heavy atom. The first-order chi connectivity index (χ1) is 14.1. The fourth-order valence-corrected chi connectivity index (χ4v) is 2.81. The van der Waals surface area contributed by atoms with Gasteiger partial charge in [0.25, 0.3) is 5.91 Å². The standard InChI is InChI=1S/C23H20FNO4/c1-28-21-12-11-18(14-19(21)24)23(27)29-15-22(26)25-20-10-6-5-9-17(20)13-16-7-3-2-4-8-16/h2-12,14H,13,15H2,1H3,(H,25,26). The molecule has 0 radical (unpaired) electrons. The largest absolute Gasteiger partial charge is 0.494 e. The van der Waals surface area contributed by atoms with E-state index in [0.717, 1.165) is 17.2 Å². The zero-order chi connectivity index (χ0) is 20.6. The van der Waals surface area contributed by atoms with Crippen molar-refractivity contribution < 1.29 is 23.5 Å². The number of rotatable bonds is 7. The molecule has 0 aliphatic carbocycles. The van der Waals surface area contributed by atoms with Crippen molar-refractivity contribution in [2.24, 2.45) is 0 Å². The second-order valence-corrected chi connectivity index (χ2v) is 6.29. The molecule has 0 aliphatic heterocycles. The Bertz CT molecular complexity index is 1000. The molecule has 1 N–H and O–H groups in total. The third-order valence-corrected chi connectivity index (χ3v) is 4.25. The summed E-state index contributed by atoms with van der Waals surface area (Å²) >= 11 is 0. The number of methoxy groups -OCH3 is 1. The Balaban J connectivity index is 1.60. The summed E-state index contributed by atoms with van der Waals surface area (Å²) < 4.78 is 23.5. The van der Waals surface area contributed by atoms with Gasteiger partial charge >= 0.3 is 5.97 Å². The molecule has 0 aliphatic rings. The summed E-state index contributed by atoms with van der Waals surface area (Å²) in [6.07, 6.45) is 0.655. The molecule has 0 bridgehead atoms. The van der Waals surface area contributed by atoms with Crippen LogP contribution in [0.25, 0.3) is 0 Å². The maximum Gasteiger partial charge on any atom is 0.338 e. The predicted octanol–water partition coefficient (Wildman–Crippen LogP) is 4.22. The summed E-state index contributed by atoms with van der Waals surface area (Å²) in [5, 5.41) is 2.76. The second kappa shape index (κ2) is 9.50. The Morgan fingerprint density at radius 2 is 1.69 bits per heavy atom. The lowest BCUT2D eigenvalue weighted by molar-refractivity contribution is -0.119. The first-order valence-electron chi connectivity index (χ1n) is 8.99. The van der Waals surface area contributed by atoms with Crippen LogP contribution in [0, 0.1) is 5.82 Å². The van der Waals surface area contributed by atoms with Gasteiger partial charge in [-0.25, -0.2) is 9.18 Å². The highest BCUT2D eigenvalue weighted by Gasteiger charge is 2.14. The number of carbonyl (C=O) groups is 2. The zero-order valence-electron chi connectivity index (χ0n) is 15.9. The topological polar surface area (TPSA) is 64.6 Å². The number of amides is 1. The van der Waals surface area contributed by atoms with Crippen LogP contribution in [0.2, 0.25) is 0 Å². The van der Waals surface area contributed by atoms with E-state index in [2.05, 4.69) is 5.32 Å². The number of ether oxygens (including phenoxy) is 2. The molecule has 0 unspecified atom stereocenters. The minimum Gasteiger partial charge on any atom is -0.494 e. The van der Waals surface area contributed by atoms with Crippen LogP contribution in [0.4, 0.5) is 10.1 Å². The molecule has 1 amide bonds. The van der Waals surface area contributed by atoms with E-state index in [-0.39, 0.29) is 11.3 Å². The van der Waals surface area contributed by atoms with Crippen molar-refractivity contribution in [3.63, 3.8) is 0 Å². The molecule has 0 fully saturated rings. The molecule has 6 heteroatoms. The number of hydrogen-bond donors (Lipinski definition) is 1. The average Bonchev–Trinajstić information content (AvgIpc) is 2.74. The number of nitrogens with one attached hydrogen (secondary N) is 1. The molecular formula is C23H20FNO4. The van der Waals surface area contributed by atoms with Crippen molar-refractivity contribution in [3.8, 4) is 5.75 Å². The van der Waals surface area contributed by atoms with Gasteiger partial charge in [0, 0.05) is 5.69 Å². The van der Waals surface area contributed by atoms with Gasteiger partial charge in [-0.15, -0.1) is 0 Å². The summed E-state index contributed by atoms with van der Waals surface area (Å²) in [4.78, 5) is 24.3. The molecule has 29 heavy (non-hydrogen) atoms. The minimum atomic E-state index is -0.792. The predicted molar refractivity (Wildman–Crippen MR) is 108 cm³/mol. The Labute approximate surface area is 168 Å². The highest BCUT2D eigenvalue weighted by atomic mass is 19.1. The number of carbonyl (C=O) groups excluding carboxylic acids is 2. The molecule has 5 nitrogen and oxygen atoms in total. The number of anilines is 1. The zero-order valence-corrected chi connectivity index (χ0v) is 15.9. The van der Waals surface area contributed by atoms with Crippen molar-refractivity contribution in [3.05, 3.63) is 95.3 Å². The molecule has 3 aromatic rings.